The molecule has 0 spiro atoms. The second kappa shape index (κ2) is 14.1. The van der Waals surface area contributed by atoms with Crippen LogP contribution in [0.2, 0.25) is 18.1 Å². The van der Waals surface area contributed by atoms with Crippen molar-refractivity contribution in [2.45, 2.75) is 110 Å². The van der Waals surface area contributed by atoms with E-state index < -0.39 is 20.2 Å². The zero-order chi connectivity index (χ0) is 36.7. The van der Waals surface area contributed by atoms with Crippen LogP contribution in [-0.4, -0.2) is 61.3 Å². The highest BCUT2D eigenvalue weighted by atomic mass is 28.4. The standard InChI is InChI=1S/C37H47F3N8O2Si/c1-23(2)47-21-29(37(38,39)40)45-34(47)28-15-12-24(17-26(28)11-9-10-16-50-51(7,8)36(3,4)5)20-48-33-27(19-44-48)18-41-32(46-33)30-31(25-13-14-25)42-22-43-35(30)49-6/h12,15,17-19,21-23,25H,9-11,13-14,16,20H2,1-8H3. The minimum absolute atomic E-state index is 0.113. The summed E-state index contributed by atoms with van der Waals surface area (Å²) < 4.78 is 57.0. The number of nitrogens with zero attached hydrogens (tertiary/aromatic N) is 8. The lowest BCUT2D eigenvalue weighted by Gasteiger charge is -2.36. The fourth-order valence-corrected chi connectivity index (χ4v) is 7.03. The smallest absolute Gasteiger partial charge is 0.434 e. The van der Waals surface area contributed by atoms with E-state index >= 15 is 0 Å². The fraction of sp³-hybridized carbons (Fsp3) is 0.514. The van der Waals surface area contributed by atoms with E-state index in [-0.39, 0.29) is 11.1 Å². The van der Waals surface area contributed by atoms with Crippen molar-refractivity contribution in [2.75, 3.05) is 13.7 Å². The van der Waals surface area contributed by atoms with Crippen LogP contribution in [-0.2, 0) is 23.6 Å². The third-order valence-corrected chi connectivity index (χ3v) is 14.6. The molecule has 272 valence electrons. The third-order valence-electron chi connectivity index (χ3n) is 10.0. The van der Waals surface area contributed by atoms with E-state index in [4.69, 9.17) is 14.1 Å². The fourth-order valence-electron chi connectivity index (χ4n) is 5.94. The van der Waals surface area contributed by atoms with Crippen LogP contribution in [0.5, 0.6) is 5.88 Å². The maximum Gasteiger partial charge on any atom is 0.434 e. The largest absolute Gasteiger partial charge is 0.480 e. The molecule has 1 aliphatic rings. The Morgan fingerprint density at radius 3 is 2.43 bits per heavy atom. The second-order valence-corrected chi connectivity index (χ2v) is 20.0. The Morgan fingerprint density at radius 1 is 1.00 bits per heavy atom. The summed E-state index contributed by atoms with van der Waals surface area (Å²) in [5.74, 6) is 1.54. The quantitative estimate of drug-likeness (QED) is 0.0877. The molecule has 0 aliphatic heterocycles. The predicted octanol–water partition coefficient (Wildman–Crippen LogP) is 9.03. The van der Waals surface area contributed by atoms with Gasteiger partial charge in [0, 0.05) is 36.5 Å². The summed E-state index contributed by atoms with van der Waals surface area (Å²) in [7, 11) is -0.317. The number of rotatable bonds is 13. The van der Waals surface area contributed by atoms with Gasteiger partial charge in [-0.15, -0.1) is 0 Å². The van der Waals surface area contributed by atoms with E-state index in [0.717, 1.165) is 54.1 Å². The van der Waals surface area contributed by atoms with E-state index in [1.54, 1.807) is 24.1 Å². The number of hydrogen-bond acceptors (Lipinski definition) is 8. The average molecular weight is 721 g/mol. The molecule has 0 saturated heterocycles. The molecule has 0 atom stereocenters. The molecule has 0 unspecified atom stereocenters. The van der Waals surface area contributed by atoms with Gasteiger partial charge in [0.15, 0.2) is 25.5 Å². The van der Waals surface area contributed by atoms with E-state index in [0.29, 0.717) is 59.8 Å². The van der Waals surface area contributed by atoms with Crippen LogP contribution in [0, 0.1) is 0 Å². The Morgan fingerprint density at radius 2 is 1.76 bits per heavy atom. The monoisotopic (exact) mass is 720 g/mol. The maximum absolute atomic E-state index is 13.9. The minimum atomic E-state index is -4.55. The van der Waals surface area contributed by atoms with Crippen LogP contribution >= 0.6 is 0 Å². The lowest BCUT2D eigenvalue weighted by atomic mass is 9.98. The molecule has 10 nitrogen and oxygen atoms in total. The van der Waals surface area contributed by atoms with Gasteiger partial charge in [-0.25, -0.2) is 29.6 Å². The van der Waals surface area contributed by atoms with Crippen molar-refractivity contribution in [1.29, 1.82) is 0 Å². The number of fused-ring (bicyclic) bond motifs is 1. The van der Waals surface area contributed by atoms with Gasteiger partial charge in [0.2, 0.25) is 5.88 Å². The number of unbranched alkanes of at least 4 members (excludes halogenated alkanes) is 1. The number of aromatic nitrogens is 8. The summed E-state index contributed by atoms with van der Waals surface area (Å²) in [6, 6.07) is 5.66. The number of ether oxygens (including phenoxy) is 1. The molecule has 0 radical (unpaired) electrons. The van der Waals surface area contributed by atoms with Gasteiger partial charge in [-0.1, -0.05) is 39.0 Å². The third kappa shape index (κ3) is 7.86. The Balaban J connectivity index is 1.33. The second-order valence-electron chi connectivity index (χ2n) is 15.2. The molecule has 51 heavy (non-hydrogen) atoms. The highest BCUT2D eigenvalue weighted by molar-refractivity contribution is 6.74. The van der Waals surface area contributed by atoms with Crippen molar-refractivity contribution < 1.29 is 22.3 Å². The number of benzene rings is 1. The van der Waals surface area contributed by atoms with Gasteiger partial charge in [0.25, 0.3) is 0 Å². The normalized spacial score (nSPS) is 14.2. The van der Waals surface area contributed by atoms with Crippen molar-refractivity contribution in [2.24, 2.45) is 0 Å². The molecular formula is C37H47F3N8O2Si. The molecule has 6 rings (SSSR count). The van der Waals surface area contributed by atoms with E-state index in [2.05, 4.69) is 65.0 Å². The molecule has 5 aromatic rings. The summed E-state index contributed by atoms with van der Waals surface area (Å²) in [6.07, 6.45) is 5.94. The topological polar surface area (TPSA) is 106 Å². The lowest BCUT2D eigenvalue weighted by molar-refractivity contribution is -0.140. The van der Waals surface area contributed by atoms with Gasteiger partial charge in [0.1, 0.15) is 17.7 Å². The first-order valence-electron chi connectivity index (χ1n) is 17.6. The number of hydrogen-bond donors (Lipinski definition) is 0. The summed E-state index contributed by atoms with van der Waals surface area (Å²) in [6.45, 7) is 15.9. The van der Waals surface area contributed by atoms with Gasteiger partial charge < -0.3 is 13.7 Å². The Bertz CT molecular complexity index is 2010. The zero-order valence-corrected chi connectivity index (χ0v) is 31.7. The molecule has 0 N–H and O–H groups in total. The summed E-state index contributed by atoms with van der Waals surface area (Å²) >= 11 is 0. The summed E-state index contributed by atoms with van der Waals surface area (Å²) in [5, 5.41) is 5.53. The van der Waals surface area contributed by atoms with Crippen LogP contribution < -0.4 is 4.74 Å². The average Bonchev–Trinajstić information content (AvgIpc) is 3.69. The lowest BCUT2D eigenvalue weighted by Crippen LogP contribution is -2.40. The van der Waals surface area contributed by atoms with Crippen LogP contribution in [0.4, 0.5) is 13.2 Å². The molecule has 1 aliphatic carbocycles. The van der Waals surface area contributed by atoms with Crippen LogP contribution in [0.1, 0.15) is 94.8 Å². The van der Waals surface area contributed by atoms with Crippen LogP contribution in [0.3, 0.4) is 0 Å². The van der Waals surface area contributed by atoms with E-state index in [9.17, 15) is 13.2 Å². The van der Waals surface area contributed by atoms with E-state index in [1.807, 2.05) is 30.7 Å². The predicted molar refractivity (Wildman–Crippen MR) is 193 cm³/mol. The van der Waals surface area contributed by atoms with Crippen molar-refractivity contribution >= 4 is 19.4 Å². The molecule has 14 heteroatoms. The number of aryl methyl sites for hydroxylation is 1. The van der Waals surface area contributed by atoms with Gasteiger partial charge in [-0.3, -0.25) is 0 Å². The number of imidazole rings is 1. The first-order valence-corrected chi connectivity index (χ1v) is 20.5. The number of methoxy groups -OCH3 is 1. The Labute approximate surface area is 298 Å². The van der Waals surface area contributed by atoms with Gasteiger partial charge in [0.05, 0.1) is 30.9 Å². The van der Waals surface area contributed by atoms with Gasteiger partial charge >= 0.3 is 6.18 Å². The van der Waals surface area contributed by atoms with Gasteiger partial charge in [-0.05, 0) is 75.2 Å². The van der Waals surface area contributed by atoms with Crippen molar-refractivity contribution in [3.8, 4) is 28.7 Å². The van der Waals surface area contributed by atoms with Crippen LogP contribution in [0.25, 0.3) is 33.8 Å². The molecule has 4 aromatic heterocycles. The first kappa shape index (κ1) is 36.6. The maximum atomic E-state index is 13.9. The molecule has 1 fully saturated rings. The molecule has 0 amide bonds. The zero-order valence-electron chi connectivity index (χ0n) is 30.7. The molecule has 0 bridgehead atoms. The molecule has 1 aromatic carbocycles. The van der Waals surface area contributed by atoms with Crippen molar-refractivity contribution in [3.05, 3.63) is 65.6 Å². The molecule has 1 saturated carbocycles. The summed E-state index contributed by atoms with van der Waals surface area (Å²) in [5.41, 5.74) is 3.88. The van der Waals surface area contributed by atoms with Gasteiger partial charge in [-0.2, -0.15) is 18.3 Å². The minimum Gasteiger partial charge on any atom is -0.480 e. The van der Waals surface area contributed by atoms with Crippen molar-refractivity contribution in [3.63, 3.8) is 0 Å². The SMILES string of the molecule is COc1ncnc(C2CC2)c1-c1ncc2cnn(Cc3ccc(-c4nc(C(F)(F)F)cn4C(C)C)c(CCCCO[Si](C)(C)C(C)(C)C)c3)c2n1. The first-order chi connectivity index (χ1) is 24.1. The summed E-state index contributed by atoms with van der Waals surface area (Å²) in [4.78, 5) is 22.6. The molecular weight excluding hydrogens is 674 g/mol. The molecule has 4 heterocycles. The van der Waals surface area contributed by atoms with E-state index in [1.165, 1.54) is 6.33 Å². The Kier molecular flexibility index (Phi) is 10.1. The highest BCUT2D eigenvalue weighted by Gasteiger charge is 2.37. The van der Waals surface area contributed by atoms with Crippen molar-refractivity contribution in [1.82, 2.24) is 39.3 Å². The van der Waals surface area contributed by atoms with Crippen LogP contribution in [0.15, 0.2) is 43.1 Å². The number of alkyl halides is 3. The highest BCUT2D eigenvalue weighted by Crippen LogP contribution is 2.45. The number of halogens is 3. The Hall–Kier alpha value is -4.17.